The van der Waals surface area contributed by atoms with Crippen molar-refractivity contribution >= 4 is 23.1 Å². The predicted molar refractivity (Wildman–Crippen MR) is 68.0 cm³/mol. The molecule has 0 saturated heterocycles. The molecule has 1 saturated carbocycles. The van der Waals surface area contributed by atoms with E-state index in [1.54, 1.807) is 0 Å². The number of hydrogen-bond donors (Lipinski definition) is 3. The van der Waals surface area contributed by atoms with Crippen LogP contribution in [0.15, 0.2) is 6.33 Å². The predicted octanol–water partition coefficient (Wildman–Crippen LogP) is 1.82. The van der Waals surface area contributed by atoms with Crippen LogP contribution in [0.3, 0.4) is 0 Å². The molecule has 1 heterocycles. The van der Waals surface area contributed by atoms with Gasteiger partial charge in [0.25, 0.3) is 0 Å². The van der Waals surface area contributed by atoms with Crippen molar-refractivity contribution < 1.29 is 5.11 Å². The third-order valence-electron chi connectivity index (χ3n) is 3.24. The second kappa shape index (κ2) is 4.66. The lowest BCUT2D eigenvalue weighted by Crippen LogP contribution is -2.36. The Bertz CT molecular complexity index is 400. The van der Waals surface area contributed by atoms with E-state index < -0.39 is 5.60 Å². The molecule has 2 rings (SSSR count). The molecule has 4 N–H and O–H groups in total. The summed E-state index contributed by atoms with van der Waals surface area (Å²) >= 11 is 5.82. The smallest absolute Gasteiger partial charge is 0.157 e. The Morgan fingerprint density at radius 3 is 2.76 bits per heavy atom. The highest BCUT2D eigenvalue weighted by molar-refractivity contribution is 6.32. The van der Waals surface area contributed by atoms with E-state index in [0.717, 1.165) is 25.7 Å². The molecule has 0 unspecified atom stereocenters. The summed E-state index contributed by atoms with van der Waals surface area (Å²) in [6, 6.07) is 0.281. The molecule has 1 aliphatic rings. The SMILES string of the molecule is CC1(O)CCC(Nc2ncnc(Cl)c2N)CC1. The van der Waals surface area contributed by atoms with E-state index in [-0.39, 0.29) is 11.2 Å². The number of aromatic nitrogens is 2. The molecule has 17 heavy (non-hydrogen) atoms. The van der Waals surface area contributed by atoms with E-state index in [1.165, 1.54) is 6.33 Å². The van der Waals surface area contributed by atoms with Crippen molar-refractivity contribution in [2.75, 3.05) is 11.1 Å². The largest absolute Gasteiger partial charge is 0.393 e. The summed E-state index contributed by atoms with van der Waals surface area (Å²) < 4.78 is 0. The van der Waals surface area contributed by atoms with Crippen molar-refractivity contribution in [1.29, 1.82) is 0 Å². The van der Waals surface area contributed by atoms with Gasteiger partial charge in [0.15, 0.2) is 11.0 Å². The van der Waals surface area contributed by atoms with Gasteiger partial charge in [-0.15, -0.1) is 0 Å². The molecule has 0 aliphatic heterocycles. The first kappa shape index (κ1) is 12.4. The summed E-state index contributed by atoms with van der Waals surface area (Å²) in [6.45, 7) is 1.87. The van der Waals surface area contributed by atoms with E-state index in [0.29, 0.717) is 11.5 Å². The number of aliphatic hydroxyl groups is 1. The molecular weight excluding hydrogens is 240 g/mol. The fraction of sp³-hybridized carbons (Fsp3) is 0.636. The summed E-state index contributed by atoms with van der Waals surface area (Å²) in [6.07, 6.45) is 4.74. The van der Waals surface area contributed by atoms with Gasteiger partial charge in [0.05, 0.1) is 5.60 Å². The van der Waals surface area contributed by atoms with Crippen molar-refractivity contribution in [3.8, 4) is 0 Å². The summed E-state index contributed by atoms with van der Waals surface area (Å²) in [4.78, 5) is 7.88. The number of nitrogens with zero attached hydrogens (tertiary/aromatic N) is 2. The van der Waals surface area contributed by atoms with E-state index in [1.807, 2.05) is 6.92 Å². The number of rotatable bonds is 2. The molecule has 0 spiro atoms. The van der Waals surface area contributed by atoms with E-state index in [4.69, 9.17) is 17.3 Å². The number of nitrogens with one attached hydrogen (secondary N) is 1. The highest BCUT2D eigenvalue weighted by atomic mass is 35.5. The molecule has 0 radical (unpaired) electrons. The van der Waals surface area contributed by atoms with Gasteiger partial charge in [-0.3, -0.25) is 0 Å². The van der Waals surface area contributed by atoms with Crippen molar-refractivity contribution in [3.05, 3.63) is 11.5 Å². The lowest BCUT2D eigenvalue weighted by molar-refractivity contribution is 0.0196. The number of halogens is 1. The molecule has 0 aromatic carbocycles. The van der Waals surface area contributed by atoms with E-state index >= 15 is 0 Å². The monoisotopic (exact) mass is 256 g/mol. The molecule has 1 aromatic rings. The summed E-state index contributed by atoms with van der Waals surface area (Å²) in [5.74, 6) is 0.580. The standard InChI is InChI=1S/C11H17ClN4O/c1-11(17)4-2-7(3-5-11)16-10-8(13)9(12)14-6-15-10/h6-7,17H,2-5,13H2,1H3,(H,14,15,16). The van der Waals surface area contributed by atoms with Crippen molar-refractivity contribution in [2.45, 2.75) is 44.2 Å². The van der Waals surface area contributed by atoms with Gasteiger partial charge in [0.2, 0.25) is 0 Å². The maximum Gasteiger partial charge on any atom is 0.157 e. The zero-order valence-corrected chi connectivity index (χ0v) is 10.5. The summed E-state index contributed by atoms with van der Waals surface area (Å²) in [5, 5.41) is 13.4. The fourth-order valence-electron chi connectivity index (χ4n) is 2.07. The molecule has 1 fully saturated rings. The van der Waals surface area contributed by atoms with Gasteiger partial charge in [-0.05, 0) is 32.6 Å². The minimum Gasteiger partial charge on any atom is -0.393 e. The number of nitrogens with two attached hydrogens (primary N) is 1. The van der Waals surface area contributed by atoms with Crippen molar-refractivity contribution in [1.82, 2.24) is 9.97 Å². The van der Waals surface area contributed by atoms with Gasteiger partial charge >= 0.3 is 0 Å². The van der Waals surface area contributed by atoms with Gasteiger partial charge in [-0.25, -0.2) is 9.97 Å². The second-order valence-corrected chi connectivity index (χ2v) is 5.20. The van der Waals surface area contributed by atoms with E-state index in [2.05, 4.69) is 15.3 Å². The van der Waals surface area contributed by atoms with Gasteiger partial charge in [-0.1, -0.05) is 11.6 Å². The maximum absolute atomic E-state index is 9.86. The first-order chi connectivity index (χ1) is 7.98. The number of hydrogen-bond acceptors (Lipinski definition) is 5. The second-order valence-electron chi connectivity index (χ2n) is 4.84. The fourth-order valence-corrected chi connectivity index (χ4v) is 2.20. The summed E-state index contributed by atoms with van der Waals surface area (Å²) in [5.41, 5.74) is 5.63. The molecular formula is C11H17ClN4O. The molecule has 1 aliphatic carbocycles. The van der Waals surface area contributed by atoms with Gasteiger partial charge in [0, 0.05) is 6.04 Å². The number of anilines is 2. The average molecular weight is 257 g/mol. The third kappa shape index (κ3) is 2.98. The maximum atomic E-state index is 9.86. The summed E-state index contributed by atoms with van der Waals surface area (Å²) in [7, 11) is 0. The average Bonchev–Trinajstić information content (AvgIpc) is 2.27. The van der Waals surface area contributed by atoms with Crippen LogP contribution in [-0.4, -0.2) is 26.7 Å². The minimum absolute atomic E-state index is 0.269. The zero-order valence-electron chi connectivity index (χ0n) is 9.78. The van der Waals surface area contributed by atoms with Gasteiger partial charge in [0.1, 0.15) is 12.0 Å². The number of nitrogen functional groups attached to an aromatic ring is 1. The zero-order chi connectivity index (χ0) is 12.5. The molecule has 94 valence electrons. The minimum atomic E-state index is -0.535. The quantitative estimate of drug-likeness (QED) is 0.703. The van der Waals surface area contributed by atoms with Crippen LogP contribution in [0.25, 0.3) is 0 Å². The Morgan fingerprint density at radius 2 is 2.12 bits per heavy atom. The van der Waals surface area contributed by atoms with Gasteiger partial charge in [-0.2, -0.15) is 0 Å². The molecule has 5 nitrogen and oxygen atoms in total. The highest BCUT2D eigenvalue weighted by Crippen LogP contribution is 2.31. The highest BCUT2D eigenvalue weighted by Gasteiger charge is 2.29. The molecule has 0 bridgehead atoms. The normalized spacial score (nSPS) is 29.0. The van der Waals surface area contributed by atoms with Crippen LogP contribution < -0.4 is 11.1 Å². The molecule has 6 heteroatoms. The Morgan fingerprint density at radius 1 is 1.47 bits per heavy atom. The lowest BCUT2D eigenvalue weighted by Gasteiger charge is -2.33. The third-order valence-corrected chi connectivity index (χ3v) is 3.54. The van der Waals surface area contributed by atoms with Crippen molar-refractivity contribution in [3.63, 3.8) is 0 Å². The first-order valence-electron chi connectivity index (χ1n) is 5.73. The molecule has 1 aromatic heterocycles. The Kier molecular flexibility index (Phi) is 3.40. The molecule has 0 atom stereocenters. The topological polar surface area (TPSA) is 84.1 Å². The first-order valence-corrected chi connectivity index (χ1v) is 6.11. The van der Waals surface area contributed by atoms with Gasteiger partial charge < -0.3 is 16.2 Å². The Labute approximate surface area is 105 Å². The van der Waals surface area contributed by atoms with Crippen LogP contribution in [0.1, 0.15) is 32.6 Å². The van der Waals surface area contributed by atoms with E-state index in [9.17, 15) is 5.11 Å². The van der Waals surface area contributed by atoms with Crippen LogP contribution in [0.4, 0.5) is 11.5 Å². The van der Waals surface area contributed by atoms with Crippen LogP contribution in [-0.2, 0) is 0 Å². The lowest BCUT2D eigenvalue weighted by atomic mass is 9.84. The van der Waals surface area contributed by atoms with Crippen molar-refractivity contribution in [2.24, 2.45) is 0 Å². The molecule has 0 amide bonds. The Hall–Kier alpha value is -1.07. The van der Waals surface area contributed by atoms with Crippen LogP contribution in [0.2, 0.25) is 5.15 Å². The van der Waals surface area contributed by atoms with Crippen LogP contribution in [0, 0.1) is 0 Å². The van der Waals surface area contributed by atoms with Crippen LogP contribution >= 0.6 is 11.6 Å². The Balaban J connectivity index is 2.00. The van der Waals surface area contributed by atoms with Crippen LogP contribution in [0.5, 0.6) is 0 Å².